The molecule has 2 heteroatoms. The molecule has 2 rings (SSSR count). The highest BCUT2D eigenvalue weighted by Crippen LogP contribution is 2.20. The van der Waals surface area contributed by atoms with Gasteiger partial charge in [0.2, 0.25) is 0 Å². The van der Waals surface area contributed by atoms with Gasteiger partial charge in [-0.2, -0.15) is 0 Å². The van der Waals surface area contributed by atoms with Crippen LogP contribution >= 0.6 is 15.9 Å². The maximum atomic E-state index is 3.49. The first-order valence-electron chi connectivity index (χ1n) is 5.79. The lowest BCUT2D eigenvalue weighted by Crippen LogP contribution is -2.05. The van der Waals surface area contributed by atoms with Crippen LogP contribution in [0.2, 0.25) is 0 Å². The first-order valence-corrected chi connectivity index (χ1v) is 6.59. The first kappa shape index (κ1) is 12.2. The van der Waals surface area contributed by atoms with Gasteiger partial charge in [0.25, 0.3) is 0 Å². The SMILES string of the molecule is Cc1ccc(Br)cc1NCCc1ccccc1. The fourth-order valence-corrected chi connectivity index (χ4v) is 2.13. The van der Waals surface area contributed by atoms with Gasteiger partial charge in [0.05, 0.1) is 0 Å². The zero-order chi connectivity index (χ0) is 12.1. The molecule has 88 valence electrons. The van der Waals surface area contributed by atoms with Crippen molar-refractivity contribution in [1.29, 1.82) is 0 Å². The molecule has 0 aliphatic rings. The Hall–Kier alpha value is -1.28. The maximum absolute atomic E-state index is 3.49. The molecule has 0 aromatic heterocycles. The minimum absolute atomic E-state index is 0.960. The van der Waals surface area contributed by atoms with Crippen LogP contribution in [0.5, 0.6) is 0 Å². The summed E-state index contributed by atoms with van der Waals surface area (Å²) in [7, 11) is 0. The molecule has 0 heterocycles. The average molecular weight is 290 g/mol. The molecule has 0 saturated carbocycles. The van der Waals surface area contributed by atoms with Gasteiger partial charge in [-0.1, -0.05) is 52.3 Å². The largest absolute Gasteiger partial charge is 0.384 e. The van der Waals surface area contributed by atoms with Gasteiger partial charge in [-0.25, -0.2) is 0 Å². The van der Waals surface area contributed by atoms with Crippen LogP contribution in [0.25, 0.3) is 0 Å². The Morgan fingerprint density at radius 2 is 1.82 bits per heavy atom. The molecule has 0 aliphatic heterocycles. The van der Waals surface area contributed by atoms with Crippen LogP contribution < -0.4 is 5.32 Å². The molecule has 2 aromatic carbocycles. The second kappa shape index (κ2) is 5.87. The molecule has 0 saturated heterocycles. The third kappa shape index (κ3) is 3.60. The van der Waals surface area contributed by atoms with Gasteiger partial charge in [0.1, 0.15) is 0 Å². The van der Waals surface area contributed by atoms with E-state index in [-0.39, 0.29) is 0 Å². The molecule has 0 aliphatic carbocycles. The van der Waals surface area contributed by atoms with Crippen LogP contribution in [0.4, 0.5) is 5.69 Å². The minimum atomic E-state index is 0.960. The van der Waals surface area contributed by atoms with Crippen LogP contribution in [0.3, 0.4) is 0 Å². The zero-order valence-corrected chi connectivity index (χ0v) is 11.5. The Morgan fingerprint density at radius 3 is 2.59 bits per heavy atom. The van der Waals surface area contributed by atoms with Crippen LogP contribution in [-0.2, 0) is 6.42 Å². The van der Waals surface area contributed by atoms with E-state index in [1.54, 1.807) is 0 Å². The summed E-state index contributed by atoms with van der Waals surface area (Å²) in [5.74, 6) is 0. The van der Waals surface area contributed by atoms with Gasteiger partial charge >= 0.3 is 0 Å². The van der Waals surface area contributed by atoms with Crippen molar-refractivity contribution in [2.75, 3.05) is 11.9 Å². The third-order valence-electron chi connectivity index (χ3n) is 2.77. The Labute approximate surface area is 111 Å². The Bertz CT molecular complexity index is 480. The molecule has 2 aromatic rings. The van der Waals surface area contributed by atoms with Crippen molar-refractivity contribution < 1.29 is 0 Å². The predicted octanol–water partition coefficient (Wildman–Crippen LogP) is 4.41. The van der Waals surface area contributed by atoms with Gasteiger partial charge < -0.3 is 5.32 Å². The fourth-order valence-electron chi connectivity index (χ4n) is 1.77. The monoisotopic (exact) mass is 289 g/mol. The number of rotatable bonds is 4. The molecule has 0 bridgehead atoms. The topological polar surface area (TPSA) is 12.0 Å². The average Bonchev–Trinajstić information content (AvgIpc) is 2.35. The molecule has 0 atom stereocenters. The molecule has 0 unspecified atom stereocenters. The highest BCUT2D eigenvalue weighted by Gasteiger charge is 1.98. The lowest BCUT2D eigenvalue weighted by molar-refractivity contribution is 1.02. The fraction of sp³-hybridized carbons (Fsp3) is 0.200. The van der Waals surface area contributed by atoms with Crippen molar-refractivity contribution in [2.45, 2.75) is 13.3 Å². The van der Waals surface area contributed by atoms with Crippen molar-refractivity contribution in [2.24, 2.45) is 0 Å². The summed E-state index contributed by atoms with van der Waals surface area (Å²) in [6.07, 6.45) is 1.05. The summed E-state index contributed by atoms with van der Waals surface area (Å²) in [6.45, 7) is 3.08. The van der Waals surface area contributed by atoms with Crippen LogP contribution in [-0.4, -0.2) is 6.54 Å². The lowest BCUT2D eigenvalue weighted by Gasteiger charge is -2.10. The molecule has 17 heavy (non-hydrogen) atoms. The van der Waals surface area contributed by atoms with Crippen molar-refractivity contribution in [3.63, 3.8) is 0 Å². The summed E-state index contributed by atoms with van der Waals surface area (Å²) in [6, 6.07) is 16.9. The van der Waals surface area contributed by atoms with Crippen LogP contribution in [0, 0.1) is 6.92 Å². The second-order valence-electron chi connectivity index (χ2n) is 4.12. The number of aryl methyl sites for hydroxylation is 1. The second-order valence-corrected chi connectivity index (χ2v) is 5.04. The van der Waals surface area contributed by atoms with E-state index in [9.17, 15) is 0 Å². The smallest absolute Gasteiger partial charge is 0.0381 e. The van der Waals surface area contributed by atoms with Gasteiger partial charge in [-0.15, -0.1) is 0 Å². The standard InChI is InChI=1S/C15H16BrN/c1-12-7-8-14(16)11-15(12)17-10-9-13-5-3-2-4-6-13/h2-8,11,17H,9-10H2,1H3. The van der Waals surface area contributed by atoms with Crippen molar-refractivity contribution in [3.05, 3.63) is 64.1 Å². The summed E-state index contributed by atoms with van der Waals surface area (Å²) >= 11 is 3.49. The summed E-state index contributed by atoms with van der Waals surface area (Å²) in [5, 5.41) is 3.47. The predicted molar refractivity (Wildman–Crippen MR) is 77.5 cm³/mol. The molecule has 1 nitrogen and oxygen atoms in total. The lowest BCUT2D eigenvalue weighted by atomic mass is 10.1. The van der Waals surface area contributed by atoms with E-state index in [0.29, 0.717) is 0 Å². The molecule has 0 amide bonds. The number of halogens is 1. The van der Waals surface area contributed by atoms with Gasteiger partial charge in [0.15, 0.2) is 0 Å². The highest BCUT2D eigenvalue weighted by molar-refractivity contribution is 9.10. The van der Waals surface area contributed by atoms with Gasteiger partial charge in [-0.3, -0.25) is 0 Å². The third-order valence-corrected chi connectivity index (χ3v) is 3.26. The Kier molecular flexibility index (Phi) is 4.21. The molecular weight excluding hydrogens is 274 g/mol. The van der Waals surface area contributed by atoms with E-state index < -0.39 is 0 Å². The number of nitrogens with one attached hydrogen (secondary N) is 1. The van der Waals surface area contributed by atoms with Gasteiger partial charge in [0, 0.05) is 16.7 Å². The minimum Gasteiger partial charge on any atom is -0.384 e. The molecule has 0 spiro atoms. The number of anilines is 1. The van der Waals surface area contributed by atoms with Crippen molar-refractivity contribution >= 4 is 21.6 Å². The maximum Gasteiger partial charge on any atom is 0.0381 e. The Balaban J connectivity index is 1.92. The summed E-state index contributed by atoms with van der Waals surface area (Å²) < 4.78 is 1.12. The molecule has 1 N–H and O–H groups in total. The molecular formula is C15H16BrN. The number of hydrogen-bond donors (Lipinski definition) is 1. The van der Waals surface area contributed by atoms with E-state index in [4.69, 9.17) is 0 Å². The van der Waals surface area contributed by atoms with E-state index in [1.807, 2.05) is 0 Å². The first-order chi connectivity index (χ1) is 8.25. The van der Waals surface area contributed by atoms with E-state index in [0.717, 1.165) is 17.4 Å². The van der Waals surface area contributed by atoms with E-state index in [2.05, 4.69) is 76.7 Å². The zero-order valence-electron chi connectivity index (χ0n) is 9.91. The summed E-state index contributed by atoms with van der Waals surface area (Å²) in [4.78, 5) is 0. The number of hydrogen-bond acceptors (Lipinski definition) is 1. The molecule has 0 radical (unpaired) electrons. The van der Waals surface area contributed by atoms with Crippen molar-refractivity contribution in [3.8, 4) is 0 Å². The van der Waals surface area contributed by atoms with E-state index in [1.165, 1.54) is 16.8 Å². The summed E-state index contributed by atoms with van der Waals surface area (Å²) in [5.41, 5.74) is 3.85. The van der Waals surface area contributed by atoms with Crippen LogP contribution in [0.1, 0.15) is 11.1 Å². The highest BCUT2D eigenvalue weighted by atomic mass is 79.9. The normalized spacial score (nSPS) is 10.2. The van der Waals surface area contributed by atoms with Gasteiger partial charge in [-0.05, 0) is 36.6 Å². The number of benzene rings is 2. The van der Waals surface area contributed by atoms with Crippen molar-refractivity contribution in [1.82, 2.24) is 0 Å². The molecule has 0 fully saturated rings. The van der Waals surface area contributed by atoms with Crippen LogP contribution in [0.15, 0.2) is 53.0 Å². The van der Waals surface area contributed by atoms with E-state index >= 15 is 0 Å². The quantitative estimate of drug-likeness (QED) is 0.879. The Morgan fingerprint density at radius 1 is 1.06 bits per heavy atom.